The van der Waals surface area contributed by atoms with Crippen molar-refractivity contribution in [3.63, 3.8) is 0 Å². The van der Waals surface area contributed by atoms with Gasteiger partial charge in [-0.25, -0.2) is 0 Å². The van der Waals surface area contributed by atoms with E-state index >= 15 is 0 Å². The Morgan fingerprint density at radius 1 is 1.04 bits per heavy atom. The topological polar surface area (TPSA) is 151 Å². The molecule has 6 unspecified atom stereocenters. The summed E-state index contributed by atoms with van der Waals surface area (Å²) < 4.78 is 4.97. The summed E-state index contributed by atoms with van der Waals surface area (Å²) >= 11 is 0. The lowest BCUT2D eigenvalue weighted by Gasteiger charge is -2.29. The first kappa shape index (κ1) is 23.2. The molecule has 0 aliphatic rings. The van der Waals surface area contributed by atoms with Gasteiger partial charge in [0.25, 0.3) is 0 Å². The van der Waals surface area contributed by atoms with Crippen LogP contribution in [-0.2, 0) is 9.53 Å². The number of hydrogen-bond donors (Lipinski definition) is 6. The van der Waals surface area contributed by atoms with Crippen LogP contribution in [0.4, 0.5) is 0 Å². The molecule has 0 aromatic carbocycles. The predicted octanol–water partition coefficient (Wildman–Crippen LogP) is -2.70. The van der Waals surface area contributed by atoms with Crippen LogP contribution >= 0.6 is 0 Å². The summed E-state index contributed by atoms with van der Waals surface area (Å²) in [6.07, 6.45) is -6.65. The van der Waals surface area contributed by atoms with Crippen molar-refractivity contribution < 1.29 is 40.2 Å². The number of ether oxygens (including phenoxy) is 1. The maximum absolute atomic E-state index is 11.5. The fourth-order valence-corrected chi connectivity index (χ4v) is 1.96. The molecule has 6 atom stereocenters. The summed E-state index contributed by atoms with van der Waals surface area (Å²) in [5.41, 5.74) is 0. The summed E-state index contributed by atoms with van der Waals surface area (Å²) in [7, 11) is 1.56. The van der Waals surface area contributed by atoms with Crippen LogP contribution in [0, 0.1) is 5.92 Å². The Labute approximate surface area is 142 Å². The minimum Gasteiger partial charge on any atom is -0.463 e. The van der Waals surface area contributed by atoms with Gasteiger partial charge in [-0.2, -0.15) is 0 Å². The van der Waals surface area contributed by atoms with E-state index < -0.39 is 43.1 Å². The van der Waals surface area contributed by atoms with E-state index in [9.17, 15) is 30.3 Å². The standard InChI is InChI=1S/C15H31NO8/c1-4-9(2)15(23)24-8-10(18)5-16(3)6-11(19)13(21)14(22)12(20)7-17/h9-14,17-22H,4-8H2,1-3H3. The van der Waals surface area contributed by atoms with Gasteiger partial charge in [-0.1, -0.05) is 13.8 Å². The highest BCUT2D eigenvalue weighted by molar-refractivity contribution is 5.71. The molecule has 0 rings (SSSR count). The van der Waals surface area contributed by atoms with Gasteiger partial charge in [-0.05, 0) is 13.5 Å². The number of nitrogens with zero attached hydrogens (tertiary/aromatic N) is 1. The fraction of sp³-hybridized carbons (Fsp3) is 0.933. The van der Waals surface area contributed by atoms with E-state index in [2.05, 4.69) is 0 Å². The number of aliphatic hydroxyl groups excluding tert-OH is 6. The zero-order valence-corrected chi connectivity index (χ0v) is 14.4. The van der Waals surface area contributed by atoms with Crippen molar-refractivity contribution in [2.24, 2.45) is 5.92 Å². The normalized spacial score (nSPS) is 19.4. The van der Waals surface area contributed by atoms with Crippen LogP contribution < -0.4 is 0 Å². The van der Waals surface area contributed by atoms with E-state index in [1.165, 1.54) is 4.90 Å². The third kappa shape index (κ3) is 8.34. The van der Waals surface area contributed by atoms with Crippen LogP contribution in [0.3, 0.4) is 0 Å². The number of rotatable bonds is 12. The lowest BCUT2D eigenvalue weighted by atomic mass is 10.0. The molecule has 0 bridgehead atoms. The molecule has 0 spiro atoms. The third-order valence-corrected chi connectivity index (χ3v) is 3.78. The highest BCUT2D eigenvalue weighted by Crippen LogP contribution is 2.07. The Bertz CT molecular complexity index is 356. The van der Waals surface area contributed by atoms with Crippen LogP contribution in [0.5, 0.6) is 0 Å². The van der Waals surface area contributed by atoms with Crippen LogP contribution in [0.1, 0.15) is 20.3 Å². The minimum atomic E-state index is -1.69. The van der Waals surface area contributed by atoms with Crippen molar-refractivity contribution in [3.8, 4) is 0 Å². The third-order valence-electron chi connectivity index (χ3n) is 3.78. The van der Waals surface area contributed by atoms with Gasteiger partial charge < -0.3 is 40.3 Å². The monoisotopic (exact) mass is 353 g/mol. The molecule has 0 radical (unpaired) electrons. The Morgan fingerprint density at radius 3 is 2.08 bits per heavy atom. The van der Waals surface area contributed by atoms with Crippen LogP contribution in [0.15, 0.2) is 0 Å². The van der Waals surface area contributed by atoms with E-state index in [0.717, 1.165) is 0 Å². The average Bonchev–Trinajstić information content (AvgIpc) is 2.56. The molecule has 0 aromatic heterocycles. The molecule has 0 amide bonds. The molecule has 0 fully saturated rings. The van der Waals surface area contributed by atoms with E-state index in [-0.39, 0.29) is 25.6 Å². The van der Waals surface area contributed by atoms with Gasteiger partial charge in [0, 0.05) is 13.1 Å². The SMILES string of the molecule is CCC(C)C(=O)OCC(O)CN(C)CC(O)C(O)C(O)C(O)CO. The van der Waals surface area contributed by atoms with Crippen molar-refractivity contribution in [1.82, 2.24) is 4.90 Å². The van der Waals surface area contributed by atoms with E-state index in [1.54, 1.807) is 14.0 Å². The molecule has 9 nitrogen and oxygen atoms in total. The quantitative estimate of drug-likeness (QED) is 0.206. The maximum Gasteiger partial charge on any atom is 0.308 e. The zero-order valence-electron chi connectivity index (χ0n) is 14.4. The maximum atomic E-state index is 11.5. The van der Waals surface area contributed by atoms with E-state index in [0.29, 0.717) is 6.42 Å². The largest absolute Gasteiger partial charge is 0.463 e. The molecule has 0 saturated heterocycles. The highest BCUT2D eigenvalue weighted by Gasteiger charge is 2.30. The average molecular weight is 353 g/mol. The Hall–Kier alpha value is -0.810. The van der Waals surface area contributed by atoms with Crippen LogP contribution in [-0.4, -0.2) is 105 Å². The van der Waals surface area contributed by atoms with Crippen LogP contribution in [0.25, 0.3) is 0 Å². The smallest absolute Gasteiger partial charge is 0.308 e. The summed E-state index contributed by atoms with van der Waals surface area (Å²) in [6, 6.07) is 0. The summed E-state index contributed by atoms with van der Waals surface area (Å²) in [5.74, 6) is -0.637. The number of hydrogen-bond acceptors (Lipinski definition) is 9. The van der Waals surface area contributed by atoms with Crippen molar-refractivity contribution in [3.05, 3.63) is 0 Å². The fourth-order valence-electron chi connectivity index (χ4n) is 1.96. The second-order valence-electron chi connectivity index (χ2n) is 6.11. The molecule has 0 heterocycles. The molecular weight excluding hydrogens is 322 g/mol. The minimum absolute atomic E-state index is 0.0657. The van der Waals surface area contributed by atoms with E-state index in [4.69, 9.17) is 9.84 Å². The van der Waals surface area contributed by atoms with Gasteiger partial charge in [0.05, 0.1) is 18.6 Å². The van der Waals surface area contributed by atoms with Gasteiger partial charge in [-0.3, -0.25) is 4.79 Å². The number of likely N-dealkylation sites (N-methyl/N-ethyl adjacent to an activating group) is 1. The van der Waals surface area contributed by atoms with Crippen molar-refractivity contribution in [1.29, 1.82) is 0 Å². The number of esters is 1. The molecule has 9 heteroatoms. The first-order valence-electron chi connectivity index (χ1n) is 8.00. The molecule has 0 saturated carbocycles. The van der Waals surface area contributed by atoms with Crippen LogP contribution in [0.2, 0.25) is 0 Å². The van der Waals surface area contributed by atoms with Gasteiger partial charge in [0.2, 0.25) is 0 Å². The van der Waals surface area contributed by atoms with Gasteiger partial charge in [-0.15, -0.1) is 0 Å². The summed E-state index contributed by atoms with van der Waals surface area (Å²) in [6.45, 7) is 2.61. The molecule has 24 heavy (non-hydrogen) atoms. The lowest BCUT2D eigenvalue weighted by Crippen LogP contribution is -2.50. The zero-order chi connectivity index (χ0) is 18.9. The number of carbonyl (C=O) groups is 1. The first-order valence-corrected chi connectivity index (χ1v) is 8.00. The summed E-state index contributed by atoms with van der Waals surface area (Å²) in [4.78, 5) is 13.0. The molecular formula is C15H31NO8. The summed E-state index contributed by atoms with van der Waals surface area (Å²) in [5, 5.41) is 56.8. The highest BCUT2D eigenvalue weighted by atomic mass is 16.5. The van der Waals surface area contributed by atoms with E-state index in [1.807, 2.05) is 6.92 Å². The van der Waals surface area contributed by atoms with Crippen molar-refractivity contribution >= 4 is 5.97 Å². The lowest BCUT2D eigenvalue weighted by molar-refractivity contribution is -0.151. The Kier molecular flexibility index (Phi) is 11.3. The van der Waals surface area contributed by atoms with Crippen molar-refractivity contribution in [2.45, 2.75) is 50.8 Å². The molecule has 0 aliphatic carbocycles. The molecule has 0 aromatic rings. The second kappa shape index (κ2) is 11.7. The van der Waals surface area contributed by atoms with Gasteiger partial charge in [0.1, 0.15) is 31.0 Å². The predicted molar refractivity (Wildman–Crippen MR) is 85.0 cm³/mol. The number of carbonyl (C=O) groups excluding carboxylic acids is 1. The Balaban J connectivity index is 4.23. The van der Waals surface area contributed by atoms with Crippen molar-refractivity contribution in [2.75, 3.05) is 33.4 Å². The van der Waals surface area contributed by atoms with Gasteiger partial charge in [0.15, 0.2) is 0 Å². The number of aliphatic hydroxyl groups is 6. The first-order chi connectivity index (χ1) is 11.1. The Morgan fingerprint density at radius 2 is 1.58 bits per heavy atom. The molecule has 144 valence electrons. The molecule has 0 aliphatic heterocycles. The molecule has 6 N–H and O–H groups in total. The second-order valence-corrected chi connectivity index (χ2v) is 6.11. The van der Waals surface area contributed by atoms with Gasteiger partial charge >= 0.3 is 5.97 Å².